The zero-order chi connectivity index (χ0) is 15.8. The SMILES string of the molecule is CCCSc1nnc(SCC(=O)Nc2ccccc2C#N)s1. The van der Waals surface area contributed by atoms with Gasteiger partial charge in [0.1, 0.15) is 6.07 Å². The van der Waals surface area contributed by atoms with E-state index in [2.05, 4.69) is 28.5 Å². The van der Waals surface area contributed by atoms with Crippen LogP contribution in [0, 0.1) is 11.3 Å². The number of anilines is 1. The lowest BCUT2D eigenvalue weighted by Gasteiger charge is -2.05. The van der Waals surface area contributed by atoms with E-state index in [9.17, 15) is 4.79 Å². The topological polar surface area (TPSA) is 78.7 Å². The first kappa shape index (κ1) is 16.8. The fourth-order valence-electron chi connectivity index (χ4n) is 1.51. The standard InChI is InChI=1S/C14H14N4OS3/c1-2-7-20-13-17-18-14(22-13)21-9-12(19)16-11-6-4-3-5-10(11)8-15/h3-6H,2,7,9H2,1H3,(H,16,19). The number of carbonyl (C=O) groups is 1. The van der Waals surface area contributed by atoms with Crippen LogP contribution in [0.3, 0.4) is 0 Å². The molecule has 0 radical (unpaired) electrons. The molecule has 114 valence electrons. The molecule has 0 unspecified atom stereocenters. The van der Waals surface area contributed by atoms with E-state index in [0.29, 0.717) is 11.3 Å². The van der Waals surface area contributed by atoms with Gasteiger partial charge in [-0.25, -0.2) is 0 Å². The van der Waals surface area contributed by atoms with Crippen LogP contribution in [0.15, 0.2) is 32.9 Å². The third-order valence-electron chi connectivity index (χ3n) is 2.47. The summed E-state index contributed by atoms with van der Waals surface area (Å²) < 4.78 is 1.71. The molecule has 0 saturated heterocycles. The molecule has 0 atom stereocenters. The number of thioether (sulfide) groups is 2. The zero-order valence-corrected chi connectivity index (χ0v) is 14.4. The van der Waals surface area contributed by atoms with Crippen LogP contribution in [-0.2, 0) is 4.79 Å². The van der Waals surface area contributed by atoms with E-state index >= 15 is 0 Å². The maximum atomic E-state index is 11.9. The van der Waals surface area contributed by atoms with E-state index in [1.165, 1.54) is 23.1 Å². The van der Waals surface area contributed by atoms with Gasteiger partial charge in [-0.05, 0) is 18.6 Å². The van der Waals surface area contributed by atoms with E-state index < -0.39 is 0 Å². The summed E-state index contributed by atoms with van der Waals surface area (Å²) in [4.78, 5) is 11.9. The Morgan fingerprint density at radius 2 is 2.05 bits per heavy atom. The van der Waals surface area contributed by atoms with Crippen molar-refractivity contribution < 1.29 is 4.79 Å². The summed E-state index contributed by atoms with van der Waals surface area (Å²) in [5.74, 6) is 1.10. The molecule has 22 heavy (non-hydrogen) atoms. The molecular formula is C14H14N4OS3. The molecule has 1 aromatic carbocycles. The third kappa shape index (κ3) is 5.02. The zero-order valence-electron chi connectivity index (χ0n) is 11.9. The number of rotatable bonds is 7. The minimum atomic E-state index is -0.161. The van der Waals surface area contributed by atoms with Gasteiger partial charge in [0.2, 0.25) is 5.91 Å². The Labute approximate surface area is 141 Å². The van der Waals surface area contributed by atoms with Gasteiger partial charge in [-0.1, -0.05) is 53.9 Å². The lowest BCUT2D eigenvalue weighted by atomic mass is 10.2. The van der Waals surface area contributed by atoms with Crippen LogP contribution >= 0.6 is 34.9 Å². The van der Waals surface area contributed by atoms with E-state index in [0.717, 1.165) is 20.9 Å². The smallest absolute Gasteiger partial charge is 0.234 e. The summed E-state index contributed by atoms with van der Waals surface area (Å²) in [6.07, 6.45) is 1.09. The van der Waals surface area contributed by atoms with E-state index in [1.54, 1.807) is 36.0 Å². The molecule has 0 fully saturated rings. The average Bonchev–Trinajstić information content (AvgIpc) is 2.99. The Hall–Kier alpha value is -1.56. The van der Waals surface area contributed by atoms with Crippen LogP contribution in [0.5, 0.6) is 0 Å². The molecule has 0 spiro atoms. The van der Waals surface area contributed by atoms with Crippen molar-refractivity contribution in [1.82, 2.24) is 10.2 Å². The Balaban J connectivity index is 1.85. The predicted octanol–water partition coefficient (Wildman–Crippen LogP) is 3.64. The number of hydrogen-bond donors (Lipinski definition) is 1. The maximum absolute atomic E-state index is 11.9. The molecule has 2 rings (SSSR count). The third-order valence-corrected chi connectivity index (χ3v) is 5.86. The summed E-state index contributed by atoms with van der Waals surface area (Å²) in [6.45, 7) is 2.12. The second-order valence-corrected chi connectivity index (χ2v) is 7.72. The number of para-hydroxylation sites is 1. The molecule has 0 bridgehead atoms. The van der Waals surface area contributed by atoms with Crippen molar-refractivity contribution in [3.8, 4) is 6.07 Å². The van der Waals surface area contributed by atoms with Gasteiger partial charge in [0.15, 0.2) is 8.68 Å². The van der Waals surface area contributed by atoms with Gasteiger partial charge in [0.25, 0.3) is 0 Å². The lowest BCUT2D eigenvalue weighted by molar-refractivity contribution is -0.113. The molecule has 1 heterocycles. The molecule has 0 aliphatic rings. The summed E-state index contributed by atoms with van der Waals surface area (Å²) in [7, 11) is 0. The highest BCUT2D eigenvalue weighted by atomic mass is 32.2. The Morgan fingerprint density at radius 3 is 2.77 bits per heavy atom. The van der Waals surface area contributed by atoms with Crippen molar-refractivity contribution in [2.45, 2.75) is 22.0 Å². The van der Waals surface area contributed by atoms with Gasteiger partial charge in [-0.2, -0.15) is 5.26 Å². The van der Waals surface area contributed by atoms with Crippen molar-refractivity contribution in [2.75, 3.05) is 16.8 Å². The summed E-state index contributed by atoms with van der Waals surface area (Å²) in [5.41, 5.74) is 0.988. The quantitative estimate of drug-likeness (QED) is 0.768. The molecule has 0 aliphatic carbocycles. The Morgan fingerprint density at radius 1 is 1.32 bits per heavy atom. The average molecular weight is 350 g/mol. The van der Waals surface area contributed by atoms with E-state index in [1.807, 2.05) is 0 Å². The first-order valence-electron chi connectivity index (χ1n) is 6.61. The summed E-state index contributed by atoms with van der Waals surface area (Å²) >= 11 is 4.53. The van der Waals surface area contributed by atoms with Crippen molar-refractivity contribution >= 4 is 46.5 Å². The number of amides is 1. The fourth-order valence-corrected chi connectivity index (χ4v) is 4.25. The number of nitriles is 1. The van der Waals surface area contributed by atoms with Gasteiger partial charge in [-0.15, -0.1) is 10.2 Å². The van der Waals surface area contributed by atoms with Gasteiger partial charge in [-0.3, -0.25) is 4.79 Å². The van der Waals surface area contributed by atoms with Crippen molar-refractivity contribution in [3.63, 3.8) is 0 Å². The molecule has 0 saturated carbocycles. The van der Waals surface area contributed by atoms with Crippen LogP contribution in [0.1, 0.15) is 18.9 Å². The van der Waals surface area contributed by atoms with Crippen molar-refractivity contribution in [3.05, 3.63) is 29.8 Å². The molecular weight excluding hydrogens is 336 g/mol. The van der Waals surface area contributed by atoms with Crippen LogP contribution in [0.4, 0.5) is 5.69 Å². The minimum Gasteiger partial charge on any atom is -0.324 e. The van der Waals surface area contributed by atoms with Crippen LogP contribution in [0.25, 0.3) is 0 Å². The normalized spacial score (nSPS) is 10.2. The lowest BCUT2D eigenvalue weighted by Crippen LogP contribution is -2.14. The highest BCUT2D eigenvalue weighted by Crippen LogP contribution is 2.29. The molecule has 1 amide bonds. The van der Waals surface area contributed by atoms with Gasteiger partial charge >= 0.3 is 0 Å². The van der Waals surface area contributed by atoms with E-state index in [4.69, 9.17) is 5.26 Å². The highest BCUT2D eigenvalue weighted by molar-refractivity contribution is 8.03. The number of carbonyl (C=O) groups excluding carboxylic acids is 1. The number of aromatic nitrogens is 2. The molecule has 5 nitrogen and oxygen atoms in total. The number of benzene rings is 1. The largest absolute Gasteiger partial charge is 0.324 e. The van der Waals surface area contributed by atoms with E-state index in [-0.39, 0.29) is 11.7 Å². The maximum Gasteiger partial charge on any atom is 0.234 e. The van der Waals surface area contributed by atoms with Gasteiger partial charge in [0, 0.05) is 5.75 Å². The van der Waals surface area contributed by atoms with Gasteiger partial charge in [0.05, 0.1) is 17.0 Å². The Kier molecular flexibility index (Phi) is 6.71. The summed E-state index contributed by atoms with van der Waals surface area (Å²) in [6, 6.07) is 8.99. The fraction of sp³-hybridized carbons (Fsp3) is 0.286. The molecule has 2 aromatic rings. The highest BCUT2D eigenvalue weighted by Gasteiger charge is 2.10. The van der Waals surface area contributed by atoms with Crippen molar-refractivity contribution in [2.24, 2.45) is 0 Å². The minimum absolute atomic E-state index is 0.161. The number of nitrogens with zero attached hydrogens (tertiary/aromatic N) is 3. The number of nitrogens with one attached hydrogen (secondary N) is 1. The first-order valence-corrected chi connectivity index (χ1v) is 9.39. The second kappa shape index (κ2) is 8.78. The molecule has 1 aromatic heterocycles. The first-order chi connectivity index (χ1) is 10.7. The molecule has 0 aliphatic heterocycles. The van der Waals surface area contributed by atoms with Crippen LogP contribution < -0.4 is 5.32 Å². The van der Waals surface area contributed by atoms with Gasteiger partial charge < -0.3 is 5.32 Å². The monoisotopic (exact) mass is 350 g/mol. The second-order valence-electron chi connectivity index (χ2n) is 4.18. The van der Waals surface area contributed by atoms with Crippen molar-refractivity contribution in [1.29, 1.82) is 5.26 Å². The summed E-state index contributed by atoms with van der Waals surface area (Å²) in [5, 5.41) is 19.9. The predicted molar refractivity (Wildman–Crippen MR) is 91.4 cm³/mol. The van der Waals surface area contributed by atoms with Crippen LogP contribution in [-0.4, -0.2) is 27.6 Å². The molecule has 1 N–H and O–H groups in total. The molecule has 8 heteroatoms. The van der Waals surface area contributed by atoms with Crippen LogP contribution in [0.2, 0.25) is 0 Å². The Bertz CT molecular complexity index is 681. The number of hydrogen-bond acceptors (Lipinski definition) is 7.